The first-order chi connectivity index (χ1) is 13.3. The largest absolute Gasteiger partial charge is 0.379 e. The second kappa shape index (κ2) is 8.55. The number of ether oxygens (including phenoxy) is 1. The summed E-state index contributed by atoms with van der Waals surface area (Å²) in [5, 5.41) is 3.55. The molecular weight excluding hydrogens is 336 g/mol. The molecule has 142 valence electrons. The predicted octanol–water partition coefficient (Wildman–Crippen LogP) is 3.54. The van der Waals surface area contributed by atoms with Crippen molar-refractivity contribution in [1.29, 1.82) is 0 Å². The van der Waals surface area contributed by atoms with Crippen molar-refractivity contribution in [2.45, 2.75) is 26.4 Å². The Labute approximate surface area is 161 Å². The van der Waals surface area contributed by atoms with Gasteiger partial charge in [0.1, 0.15) is 0 Å². The van der Waals surface area contributed by atoms with Gasteiger partial charge in [-0.1, -0.05) is 43.3 Å². The molecule has 2 heterocycles. The summed E-state index contributed by atoms with van der Waals surface area (Å²) in [5.74, 6) is 0.948. The van der Waals surface area contributed by atoms with Gasteiger partial charge in [-0.05, 0) is 29.7 Å². The van der Waals surface area contributed by atoms with Crippen molar-refractivity contribution in [1.82, 2.24) is 14.5 Å². The zero-order valence-electron chi connectivity index (χ0n) is 16.0. The Balaban J connectivity index is 1.49. The average Bonchev–Trinajstić information content (AvgIpc) is 3.09. The summed E-state index contributed by atoms with van der Waals surface area (Å²) in [5.41, 5.74) is 4.88. The number of nitrogens with one attached hydrogen (secondary N) is 1. The summed E-state index contributed by atoms with van der Waals surface area (Å²) < 4.78 is 7.77. The number of hydrogen-bond donors (Lipinski definition) is 1. The highest BCUT2D eigenvalue weighted by Crippen LogP contribution is 2.20. The van der Waals surface area contributed by atoms with Crippen LogP contribution in [0.5, 0.6) is 0 Å². The van der Waals surface area contributed by atoms with E-state index in [4.69, 9.17) is 9.72 Å². The number of aromatic nitrogens is 2. The van der Waals surface area contributed by atoms with Gasteiger partial charge in [0.15, 0.2) is 0 Å². The van der Waals surface area contributed by atoms with Crippen molar-refractivity contribution >= 4 is 17.0 Å². The van der Waals surface area contributed by atoms with Crippen LogP contribution in [0.15, 0.2) is 48.5 Å². The summed E-state index contributed by atoms with van der Waals surface area (Å²) >= 11 is 0. The molecule has 2 aromatic carbocycles. The molecule has 0 spiro atoms. The maximum absolute atomic E-state index is 5.46. The highest BCUT2D eigenvalue weighted by Gasteiger charge is 2.14. The van der Waals surface area contributed by atoms with E-state index in [-0.39, 0.29) is 0 Å². The van der Waals surface area contributed by atoms with Crippen LogP contribution in [0.3, 0.4) is 0 Å². The monoisotopic (exact) mass is 364 g/mol. The van der Waals surface area contributed by atoms with Crippen molar-refractivity contribution in [3.05, 3.63) is 59.7 Å². The van der Waals surface area contributed by atoms with E-state index >= 15 is 0 Å². The van der Waals surface area contributed by atoms with Gasteiger partial charge in [0.05, 0.1) is 24.2 Å². The predicted molar refractivity (Wildman–Crippen MR) is 110 cm³/mol. The summed E-state index contributed by atoms with van der Waals surface area (Å²) in [6.07, 6.45) is 1.07. The van der Waals surface area contributed by atoms with Crippen LogP contribution in [0.4, 0.5) is 5.95 Å². The molecule has 0 unspecified atom stereocenters. The third kappa shape index (κ3) is 4.31. The molecule has 1 saturated heterocycles. The number of imidazole rings is 1. The van der Waals surface area contributed by atoms with Gasteiger partial charge in [-0.3, -0.25) is 4.90 Å². The quantitative estimate of drug-likeness (QED) is 0.696. The second-order valence-electron chi connectivity index (χ2n) is 7.05. The van der Waals surface area contributed by atoms with E-state index in [1.165, 1.54) is 16.6 Å². The maximum Gasteiger partial charge on any atom is 0.204 e. The van der Waals surface area contributed by atoms with Crippen LogP contribution in [0, 0.1) is 0 Å². The Bertz CT molecular complexity index is 866. The molecular formula is C22H28N4O. The number of morpholine rings is 1. The molecule has 0 atom stereocenters. The van der Waals surface area contributed by atoms with Gasteiger partial charge >= 0.3 is 0 Å². The van der Waals surface area contributed by atoms with Crippen LogP contribution < -0.4 is 5.32 Å². The molecule has 1 aromatic heterocycles. The highest BCUT2D eigenvalue weighted by atomic mass is 16.5. The van der Waals surface area contributed by atoms with Crippen molar-refractivity contribution in [3.63, 3.8) is 0 Å². The third-order valence-electron chi connectivity index (χ3n) is 5.28. The fourth-order valence-electron chi connectivity index (χ4n) is 3.58. The van der Waals surface area contributed by atoms with Crippen molar-refractivity contribution in [2.24, 2.45) is 0 Å². The van der Waals surface area contributed by atoms with Crippen LogP contribution in [0.2, 0.25) is 0 Å². The third-order valence-corrected chi connectivity index (χ3v) is 5.28. The van der Waals surface area contributed by atoms with E-state index in [2.05, 4.69) is 70.2 Å². The van der Waals surface area contributed by atoms with Gasteiger partial charge in [0.25, 0.3) is 0 Å². The van der Waals surface area contributed by atoms with Crippen LogP contribution >= 0.6 is 0 Å². The molecule has 1 aliphatic rings. The number of fused-ring (bicyclic) bond motifs is 1. The lowest BCUT2D eigenvalue weighted by Crippen LogP contribution is -2.38. The van der Waals surface area contributed by atoms with E-state index < -0.39 is 0 Å². The number of aryl methyl sites for hydroxylation is 1. The average molecular weight is 364 g/mol. The lowest BCUT2D eigenvalue weighted by molar-refractivity contribution is 0.0366. The molecule has 0 bridgehead atoms. The Morgan fingerprint density at radius 3 is 2.48 bits per heavy atom. The zero-order chi connectivity index (χ0) is 18.5. The smallest absolute Gasteiger partial charge is 0.204 e. The Kier molecular flexibility index (Phi) is 5.70. The summed E-state index contributed by atoms with van der Waals surface area (Å²) in [7, 11) is 0. The van der Waals surface area contributed by atoms with Gasteiger partial charge in [-0.2, -0.15) is 0 Å². The van der Waals surface area contributed by atoms with Gasteiger partial charge in [-0.15, -0.1) is 0 Å². The fourth-order valence-corrected chi connectivity index (χ4v) is 3.58. The standard InChI is InChI=1S/C22H28N4O/c1-2-18-7-9-19(10-8-18)17-23-22-24-20-5-3-4-6-21(20)26(22)12-11-25-13-15-27-16-14-25/h3-10H,2,11-17H2,1H3,(H,23,24). The van der Waals surface area contributed by atoms with Crippen molar-refractivity contribution < 1.29 is 4.74 Å². The molecule has 1 fully saturated rings. The topological polar surface area (TPSA) is 42.3 Å². The molecule has 0 amide bonds. The van der Waals surface area contributed by atoms with E-state index in [1.807, 2.05) is 0 Å². The van der Waals surface area contributed by atoms with Crippen LogP contribution in [0.25, 0.3) is 11.0 Å². The van der Waals surface area contributed by atoms with Gasteiger partial charge in [0, 0.05) is 32.7 Å². The molecule has 3 aromatic rings. The van der Waals surface area contributed by atoms with Crippen LogP contribution in [-0.2, 0) is 24.2 Å². The van der Waals surface area contributed by atoms with Crippen LogP contribution in [-0.4, -0.2) is 47.3 Å². The molecule has 1 aliphatic heterocycles. The minimum Gasteiger partial charge on any atom is -0.379 e. The number of rotatable bonds is 7. The Morgan fingerprint density at radius 1 is 0.963 bits per heavy atom. The molecule has 4 rings (SSSR count). The van der Waals surface area contributed by atoms with Crippen LogP contribution in [0.1, 0.15) is 18.1 Å². The lowest BCUT2D eigenvalue weighted by Gasteiger charge is -2.27. The second-order valence-corrected chi connectivity index (χ2v) is 7.05. The normalized spacial score (nSPS) is 15.3. The molecule has 5 nitrogen and oxygen atoms in total. The molecule has 1 N–H and O–H groups in total. The number of nitrogens with zero attached hydrogens (tertiary/aromatic N) is 3. The highest BCUT2D eigenvalue weighted by molar-refractivity contribution is 5.78. The molecule has 27 heavy (non-hydrogen) atoms. The van der Waals surface area contributed by atoms with E-state index in [0.29, 0.717) is 0 Å². The first-order valence-electron chi connectivity index (χ1n) is 9.90. The molecule has 0 aliphatic carbocycles. The van der Waals surface area contributed by atoms with Crippen molar-refractivity contribution in [2.75, 3.05) is 38.2 Å². The van der Waals surface area contributed by atoms with Gasteiger partial charge in [0.2, 0.25) is 5.95 Å². The van der Waals surface area contributed by atoms with E-state index in [9.17, 15) is 0 Å². The number of para-hydroxylation sites is 2. The minimum absolute atomic E-state index is 0.783. The molecule has 5 heteroatoms. The summed E-state index contributed by atoms with van der Waals surface area (Å²) in [6, 6.07) is 17.2. The molecule has 0 radical (unpaired) electrons. The van der Waals surface area contributed by atoms with Gasteiger partial charge < -0.3 is 14.6 Å². The maximum atomic E-state index is 5.46. The SMILES string of the molecule is CCc1ccc(CNc2nc3ccccc3n2CCN2CCOCC2)cc1. The van der Waals surface area contributed by atoms with Crippen molar-refractivity contribution in [3.8, 4) is 0 Å². The summed E-state index contributed by atoms with van der Waals surface area (Å²) in [4.78, 5) is 7.30. The zero-order valence-corrected chi connectivity index (χ0v) is 16.0. The first kappa shape index (κ1) is 18.0. The van der Waals surface area contributed by atoms with Gasteiger partial charge in [-0.25, -0.2) is 4.98 Å². The Hall–Kier alpha value is -2.37. The number of anilines is 1. The molecule has 0 saturated carbocycles. The number of benzene rings is 2. The Morgan fingerprint density at radius 2 is 1.70 bits per heavy atom. The van der Waals surface area contributed by atoms with E-state index in [0.717, 1.165) is 63.8 Å². The number of hydrogen-bond acceptors (Lipinski definition) is 4. The fraction of sp³-hybridized carbons (Fsp3) is 0.409. The summed E-state index contributed by atoms with van der Waals surface area (Å²) in [6.45, 7) is 8.61. The lowest BCUT2D eigenvalue weighted by atomic mass is 10.1. The van der Waals surface area contributed by atoms with E-state index in [1.54, 1.807) is 0 Å². The first-order valence-corrected chi connectivity index (χ1v) is 9.90. The minimum atomic E-state index is 0.783.